The molecule has 106 valence electrons. The SMILES string of the molecule is CCc1ccc(OCC2CCC(CN)O2)c(OC)c1. The zero-order valence-corrected chi connectivity index (χ0v) is 11.7. The van der Waals surface area contributed by atoms with Gasteiger partial charge in [-0.1, -0.05) is 13.0 Å². The average molecular weight is 265 g/mol. The lowest BCUT2D eigenvalue weighted by Gasteiger charge is -2.16. The fourth-order valence-corrected chi connectivity index (χ4v) is 2.31. The topological polar surface area (TPSA) is 53.7 Å². The Bertz CT molecular complexity index is 408. The van der Waals surface area contributed by atoms with Crippen LogP contribution in [0.15, 0.2) is 18.2 Å². The molecule has 0 aliphatic carbocycles. The predicted molar refractivity (Wildman–Crippen MR) is 74.8 cm³/mol. The third-order valence-electron chi connectivity index (χ3n) is 3.52. The highest BCUT2D eigenvalue weighted by Crippen LogP contribution is 2.29. The van der Waals surface area contributed by atoms with Crippen molar-refractivity contribution < 1.29 is 14.2 Å². The van der Waals surface area contributed by atoms with Gasteiger partial charge in [0.05, 0.1) is 19.3 Å². The van der Waals surface area contributed by atoms with E-state index in [1.54, 1.807) is 7.11 Å². The van der Waals surface area contributed by atoms with Crippen molar-refractivity contribution in [1.82, 2.24) is 0 Å². The number of benzene rings is 1. The summed E-state index contributed by atoms with van der Waals surface area (Å²) in [5.41, 5.74) is 6.84. The van der Waals surface area contributed by atoms with Crippen molar-refractivity contribution >= 4 is 0 Å². The van der Waals surface area contributed by atoms with Gasteiger partial charge in [0.2, 0.25) is 0 Å². The zero-order chi connectivity index (χ0) is 13.7. The van der Waals surface area contributed by atoms with E-state index in [9.17, 15) is 0 Å². The number of nitrogens with two attached hydrogens (primary N) is 1. The third kappa shape index (κ3) is 3.61. The number of aryl methyl sites for hydroxylation is 1. The van der Waals surface area contributed by atoms with Crippen molar-refractivity contribution in [2.24, 2.45) is 5.73 Å². The van der Waals surface area contributed by atoms with Crippen LogP contribution in [-0.4, -0.2) is 32.5 Å². The third-order valence-corrected chi connectivity index (χ3v) is 3.52. The van der Waals surface area contributed by atoms with E-state index in [-0.39, 0.29) is 12.2 Å². The van der Waals surface area contributed by atoms with Crippen molar-refractivity contribution in [3.8, 4) is 11.5 Å². The number of methoxy groups -OCH3 is 1. The molecule has 1 aromatic carbocycles. The average Bonchev–Trinajstić information content (AvgIpc) is 2.92. The van der Waals surface area contributed by atoms with Gasteiger partial charge in [-0.05, 0) is 37.0 Å². The Kier molecular flexibility index (Phi) is 5.05. The molecule has 19 heavy (non-hydrogen) atoms. The second-order valence-electron chi connectivity index (χ2n) is 4.84. The minimum absolute atomic E-state index is 0.143. The smallest absolute Gasteiger partial charge is 0.161 e. The van der Waals surface area contributed by atoms with Crippen LogP contribution in [0.2, 0.25) is 0 Å². The fourth-order valence-electron chi connectivity index (χ4n) is 2.31. The van der Waals surface area contributed by atoms with E-state index < -0.39 is 0 Å². The van der Waals surface area contributed by atoms with E-state index in [1.165, 1.54) is 5.56 Å². The zero-order valence-electron chi connectivity index (χ0n) is 11.7. The molecule has 0 bridgehead atoms. The van der Waals surface area contributed by atoms with Crippen LogP contribution in [0.3, 0.4) is 0 Å². The number of hydrogen-bond acceptors (Lipinski definition) is 4. The normalized spacial score (nSPS) is 22.5. The summed E-state index contributed by atoms with van der Waals surface area (Å²) in [5.74, 6) is 1.56. The molecule has 2 rings (SSSR count). The first kappa shape index (κ1) is 14.2. The predicted octanol–water partition coefficient (Wildman–Crippen LogP) is 2.14. The lowest BCUT2D eigenvalue weighted by atomic mass is 10.1. The summed E-state index contributed by atoms with van der Waals surface area (Å²) in [7, 11) is 1.66. The van der Waals surface area contributed by atoms with Crippen LogP contribution in [0.4, 0.5) is 0 Å². The van der Waals surface area contributed by atoms with E-state index in [2.05, 4.69) is 13.0 Å². The Labute approximate surface area is 114 Å². The maximum absolute atomic E-state index is 5.81. The Hall–Kier alpha value is -1.26. The van der Waals surface area contributed by atoms with Gasteiger partial charge >= 0.3 is 0 Å². The van der Waals surface area contributed by atoms with E-state index >= 15 is 0 Å². The van der Waals surface area contributed by atoms with E-state index in [0.29, 0.717) is 13.2 Å². The summed E-state index contributed by atoms with van der Waals surface area (Å²) in [6.45, 7) is 3.26. The fraction of sp³-hybridized carbons (Fsp3) is 0.600. The van der Waals surface area contributed by atoms with E-state index in [1.807, 2.05) is 12.1 Å². The maximum Gasteiger partial charge on any atom is 0.161 e. The summed E-state index contributed by atoms with van der Waals surface area (Å²) >= 11 is 0. The molecule has 0 aromatic heterocycles. The second-order valence-corrected chi connectivity index (χ2v) is 4.84. The van der Waals surface area contributed by atoms with E-state index in [4.69, 9.17) is 19.9 Å². The molecular formula is C15H23NO3. The van der Waals surface area contributed by atoms with Gasteiger partial charge < -0.3 is 19.9 Å². The van der Waals surface area contributed by atoms with Gasteiger partial charge in [-0.2, -0.15) is 0 Å². The van der Waals surface area contributed by atoms with Crippen molar-refractivity contribution in [2.45, 2.75) is 38.4 Å². The van der Waals surface area contributed by atoms with Crippen molar-refractivity contribution in [3.05, 3.63) is 23.8 Å². The molecule has 0 spiro atoms. The quantitative estimate of drug-likeness (QED) is 0.856. The molecular weight excluding hydrogens is 242 g/mol. The van der Waals surface area contributed by atoms with Crippen molar-refractivity contribution in [3.63, 3.8) is 0 Å². The summed E-state index contributed by atoms with van der Waals surface area (Å²) < 4.78 is 16.9. The van der Waals surface area contributed by atoms with Crippen LogP contribution in [0.5, 0.6) is 11.5 Å². The molecule has 1 aromatic rings. The standard InChI is InChI=1S/C15H23NO3/c1-3-11-4-7-14(15(8-11)17-2)18-10-13-6-5-12(9-16)19-13/h4,7-8,12-13H,3,5-6,9-10,16H2,1-2H3. The Morgan fingerprint density at radius 2 is 2.05 bits per heavy atom. The Balaban J connectivity index is 1.92. The van der Waals surface area contributed by atoms with Gasteiger partial charge in [0.15, 0.2) is 11.5 Å². The molecule has 1 aliphatic heterocycles. The van der Waals surface area contributed by atoms with Gasteiger partial charge in [-0.3, -0.25) is 0 Å². The first-order valence-corrected chi connectivity index (χ1v) is 6.92. The minimum atomic E-state index is 0.143. The van der Waals surface area contributed by atoms with Gasteiger partial charge in [0.1, 0.15) is 6.61 Å². The van der Waals surface area contributed by atoms with Crippen LogP contribution in [0.1, 0.15) is 25.3 Å². The van der Waals surface area contributed by atoms with Gasteiger partial charge in [0.25, 0.3) is 0 Å². The Morgan fingerprint density at radius 3 is 2.68 bits per heavy atom. The molecule has 2 unspecified atom stereocenters. The van der Waals surface area contributed by atoms with Crippen LogP contribution >= 0.6 is 0 Å². The molecule has 2 N–H and O–H groups in total. The molecule has 1 aliphatic rings. The molecule has 2 atom stereocenters. The lowest BCUT2D eigenvalue weighted by Crippen LogP contribution is -2.23. The van der Waals surface area contributed by atoms with Gasteiger partial charge in [-0.15, -0.1) is 0 Å². The maximum atomic E-state index is 5.81. The van der Waals surface area contributed by atoms with Crippen LogP contribution in [0, 0.1) is 0 Å². The molecule has 0 amide bonds. The first-order chi connectivity index (χ1) is 9.26. The molecule has 0 saturated carbocycles. The highest BCUT2D eigenvalue weighted by atomic mass is 16.6. The summed E-state index contributed by atoms with van der Waals surface area (Å²) in [5, 5.41) is 0. The number of hydrogen-bond donors (Lipinski definition) is 1. The number of rotatable bonds is 6. The monoisotopic (exact) mass is 265 g/mol. The molecule has 4 nitrogen and oxygen atoms in total. The van der Waals surface area contributed by atoms with Crippen molar-refractivity contribution in [2.75, 3.05) is 20.3 Å². The Morgan fingerprint density at radius 1 is 1.26 bits per heavy atom. The second kappa shape index (κ2) is 6.78. The van der Waals surface area contributed by atoms with E-state index in [0.717, 1.165) is 30.8 Å². The number of ether oxygens (including phenoxy) is 3. The molecule has 1 heterocycles. The summed E-state index contributed by atoms with van der Waals surface area (Å²) in [6.07, 6.45) is 3.36. The van der Waals surface area contributed by atoms with Gasteiger partial charge in [0, 0.05) is 6.54 Å². The van der Waals surface area contributed by atoms with Crippen LogP contribution < -0.4 is 15.2 Å². The molecule has 0 radical (unpaired) electrons. The minimum Gasteiger partial charge on any atom is -0.493 e. The summed E-state index contributed by atoms with van der Waals surface area (Å²) in [6, 6.07) is 6.05. The highest BCUT2D eigenvalue weighted by Gasteiger charge is 2.24. The lowest BCUT2D eigenvalue weighted by molar-refractivity contribution is 0.0217. The van der Waals surface area contributed by atoms with Crippen molar-refractivity contribution in [1.29, 1.82) is 0 Å². The largest absolute Gasteiger partial charge is 0.493 e. The molecule has 4 heteroatoms. The summed E-state index contributed by atoms with van der Waals surface area (Å²) in [4.78, 5) is 0. The first-order valence-electron chi connectivity index (χ1n) is 6.92. The molecule has 1 fully saturated rings. The van der Waals surface area contributed by atoms with Crippen LogP contribution in [-0.2, 0) is 11.2 Å². The highest BCUT2D eigenvalue weighted by molar-refractivity contribution is 5.42. The van der Waals surface area contributed by atoms with Gasteiger partial charge in [-0.25, -0.2) is 0 Å². The van der Waals surface area contributed by atoms with Crippen LogP contribution in [0.25, 0.3) is 0 Å². The molecule has 1 saturated heterocycles.